The summed E-state index contributed by atoms with van der Waals surface area (Å²) in [7, 11) is -1.73. The van der Waals surface area contributed by atoms with Gasteiger partial charge in [0.05, 0.1) is 23.8 Å². The monoisotopic (exact) mass is 338 g/mol. The topological polar surface area (TPSA) is 102 Å². The Morgan fingerprint density at radius 3 is 2.76 bits per heavy atom. The molecule has 25 heavy (non-hydrogen) atoms. The van der Waals surface area contributed by atoms with Gasteiger partial charge in [0.2, 0.25) is 0 Å². The van der Waals surface area contributed by atoms with E-state index in [2.05, 4.69) is 4.98 Å². The summed E-state index contributed by atoms with van der Waals surface area (Å²) in [5, 5.41) is 18.9. The molecule has 2 N–H and O–H groups in total. The summed E-state index contributed by atoms with van der Waals surface area (Å²) in [6.45, 7) is 0.483. The number of rotatable bonds is 6. The first-order valence-electron chi connectivity index (χ1n) is 7.62. The largest absolute Gasteiger partial charge is 0.492 e. The zero-order chi connectivity index (χ0) is 17.8. The molecule has 7 nitrogen and oxygen atoms in total. The fourth-order valence-electron chi connectivity index (χ4n) is 2.51. The number of hydrogen-bond donors (Lipinski definition) is 2. The van der Waals surface area contributed by atoms with E-state index in [0.717, 1.165) is 0 Å². The first kappa shape index (κ1) is 16.9. The van der Waals surface area contributed by atoms with E-state index in [1.165, 1.54) is 29.1 Å². The maximum atomic E-state index is 12.4. The van der Waals surface area contributed by atoms with Crippen molar-refractivity contribution in [1.29, 1.82) is 0 Å². The smallest absolute Gasteiger partial charge is 0.489 e. The molecule has 1 heterocycles. The Balaban J connectivity index is 1.72. The molecule has 126 valence electrons. The van der Waals surface area contributed by atoms with Gasteiger partial charge in [0.25, 0.3) is 5.56 Å². The van der Waals surface area contributed by atoms with Gasteiger partial charge in [-0.3, -0.25) is 14.2 Å². The number of aldehydes is 1. The van der Waals surface area contributed by atoms with Gasteiger partial charge in [-0.05, 0) is 29.7 Å². The molecule has 0 saturated heterocycles. The summed E-state index contributed by atoms with van der Waals surface area (Å²) in [4.78, 5) is 27.6. The lowest BCUT2D eigenvalue weighted by atomic mass is 9.77. The third-order valence-electron chi connectivity index (χ3n) is 3.80. The van der Waals surface area contributed by atoms with E-state index in [1.54, 1.807) is 18.2 Å². The van der Waals surface area contributed by atoms with Gasteiger partial charge in [0, 0.05) is 5.56 Å². The summed E-state index contributed by atoms with van der Waals surface area (Å²) in [5.74, 6) is 0.397. The van der Waals surface area contributed by atoms with Gasteiger partial charge >= 0.3 is 7.12 Å². The number of para-hydroxylation sites is 1. The molecule has 0 aliphatic rings. The number of aromatic nitrogens is 2. The molecule has 0 aliphatic carbocycles. The second-order valence-corrected chi connectivity index (χ2v) is 5.39. The van der Waals surface area contributed by atoms with Crippen molar-refractivity contribution in [2.45, 2.75) is 6.54 Å². The number of carbonyl (C=O) groups is 1. The molecule has 3 rings (SSSR count). The van der Waals surface area contributed by atoms with E-state index in [-0.39, 0.29) is 29.7 Å². The van der Waals surface area contributed by atoms with E-state index < -0.39 is 7.12 Å². The van der Waals surface area contributed by atoms with Crippen molar-refractivity contribution in [2.75, 3.05) is 6.61 Å². The third-order valence-corrected chi connectivity index (χ3v) is 3.80. The molecule has 0 saturated carbocycles. The molecule has 0 amide bonds. The van der Waals surface area contributed by atoms with Crippen LogP contribution in [0.2, 0.25) is 0 Å². The maximum Gasteiger partial charge on any atom is 0.489 e. The Bertz CT molecular complexity index is 971. The Morgan fingerprint density at radius 1 is 1.20 bits per heavy atom. The van der Waals surface area contributed by atoms with E-state index in [9.17, 15) is 19.6 Å². The van der Waals surface area contributed by atoms with Crippen LogP contribution < -0.4 is 15.8 Å². The van der Waals surface area contributed by atoms with Gasteiger partial charge in [-0.2, -0.15) is 0 Å². The fourth-order valence-corrected chi connectivity index (χ4v) is 2.51. The molecule has 0 unspecified atom stereocenters. The predicted octanol–water partition coefficient (Wildman–Crippen LogP) is -0.0322. The SMILES string of the molecule is O=Cc1cc(OCCn2cnc3ccccc3c2=O)ccc1B(O)O. The molecule has 0 radical (unpaired) electrons. The number of benzene rings is 2. The van der Waals surface area contributed by atoms with Crippen molar-refractivity contribution in [3.05, 3.63) is 64.7 Å². The van der Waals surface area contributed by atoms with E-state index >= 15 is 0 Å². The van der Waals surface area contributed by atoms with Crippen LogP contribution in [0.1, 0.15) is 10.4 Å². The molecule has 0 atom stereocenters. The standard InChI is InChI=1S/C17H15BN2O5/c21-10-12-9-13(5-6-15(12)18(23)24)25-8-7-20-11-19-16-4-2-1-3-14(16)17(20)22/h1-6,9-11,23-24H,7-8H2. The Morgan fingerprint density at radius 2 is 2.00 bits per heavy atom. The van der Waals surface area contributed by atoms with Crippen LogP contribution in [0.4, 0.5) is 0 Å². The van der Waals surface area contributed by atoms with Gasteiger partial charge in [-0.25, -0.2) is 4.98 Å². The van der Waals surface area contributed by atoms with Crippen LogP contribution in [0.3, 0.4) is 0 Å². The van der Waals surface area contributed by atoms with Crippen LogP contribution in [-0.4, -0.2) is 39.6 Å². The molecule has 8 heteroatoms. The molecule has 3 aromatic rings. The lowest BCUT2D eigenvalue weighted by Crippen LogP contribution is -2.32. The third kappa shape index (κ3) is 3.60. The highest BCUT2D eigenvalue weighted by Gasteiger charge is 2.16. The van der Waals surface area contributed by atoms with E-state index in [0.29, 0.717) is 22.9 Å². The van der Waals surface area contributed by atoms with Crippen LogP contribution in [0.25, 0.3) is 10.9 Å². The van der Waals surface area contributed by atoms with Gasteiger partial charge in [0.15, 0.2) is 0 Å². The fraction of sp³-hybridized carbons (Fsp3) is 0.118. The van der Waals surface area contributed by atoms with Crippen LogP contribution in [0, 0.1) is 0 Å². The van der Waals surface area contributed by atoms with Crippen LogP contribution in [0.5, 0.6) is 5.75 Å². The summed E-state index contributed by atoms with van der Waals surface area (Å²) in [6, 6.07) is 11.5. The minimum atomic E-state index is -1.73. The van der Waals surface area contributed by atoms with E-state index in [1.807, 2.05) is 6.07 Å². The number of fused-ring (bicyclic) bond motifs is 1. The Hall–Kier alpha value is -2.97. The van der Waals surface area contributed by atoms with Crippen molar-refractivity contribution in [3.63, 3.8) is 0 Å². The van der Waals surface area contributed by atoms with E-state index in [4.69, 9.17) is 4.74 Å². The molecule has 0 aliphatic heterocycles. The summed E-state index contributed by atoms with van der Waals surface area (Å²) in [6.07, 6.45) is 2.00. The molecule has 0 spiro atoms. The summed E-state index contributed by atoms with van der Waals surface area (Å²) in [5.41, 5.74) is 0.731. The molecular formula is C17H15BN2O5. The minimum Gasteiger partial charge on any atom is -0.492 e. The summed E-state index contributed by atoms with van der Waals surface area (Å²) < 4.78 is 7.00. The Kier molecular flexibility index (Phi) is 4.92. The zero-order valence-electron chi connectivity index (χ0n) is 13.2. The molecular weight excluding hydrogens is 323 g/mol. The van der Waals surface area contributed by atoms with Gasteiger partial charge in [-0.15, -0.1) is 0 Å². The Labute approximate surface area is 143 Å². The van der Waals surface area contributed by atoms with Crippen molar-refractivity contribution in [2.24, 2.45) is 0 Å². The first-order chi connectivity index (χ1) is 12.1. The highest BCUT2D eigenvalue weighted by molar-refractivity contribution is 6.60. The normalized spacial score (nSPS) is 10.6. The highest BCUT2D eigenvalue weighted by atomic mass is 16.5. The van der Waals surface area contributed by atoms with Crippen LogP contribution >= 0.6 is 0 Å². The zero-order valence-corrected chi connectivity index (χ0v) is 13.2. The van der Waals surface area contributed by atoms with Crippen LogP contribution in [0.15, 0.2) is 53.6 Å². The number of carbonyl (C=O) groups excluding carboxylic acids is 1. The molecule has 2 aromatic carbocycles. The van der Waals surface area contributed by atoms with Crippen LogP contribution in [-0.2, 0) is 6.54 Å². The summed E-state index contributed by atoms with van der Waals surface area (Å²) >= 11 is 0. The van der Waals surface area contributed by atoms with Crippen molar-refractivity contribution in [1.82, 2.24) is 9.55 Å². The van der Waals surface area contributed by atoms with Gasteiger partial charge in [-0.1, -0.05) is 18.2 Å². The number of ether oxygens (including phenoxy) is 1. The lowest BCUT2D eigenvalue weighted by Gasteiger charge is -2.10. The lowest BCUT2D eigenvalue weighted by molar-refractivity contribution is 0.112. The average molecular weight is 338 g/mol. The second kappa shape index (κ2) is 7.29. The van der Waals surface area contributed by atoms with Crippen molar-refractivity contribution >= 4 is 29.8 Å². The van der Waals surface area contributed by atoms with Gasteiger partial charge in [0.1, 0.15) is 18.6 Å². The number of hydrogen-bond acceptors (Lipinski definition) is 6. The average Bonchev–Trinajstić information content (AvgIpc) is 2.63. The maximum absolute atomic E-state index is 12.4. The molecule has 0 fully saturated rings. The quantitative estimate of drug-likeness (QED) is 0.483. The predicted molar refractivity (Wildman–Crippen MR) is 93.2 cm³/mol. The molecule has 0 bridgehead atoms. The van der Waals surface area contributed by atoms with Gasteiger partial charge < -0.3 is 14.8 Å². The number of nitrogens with zero attached hydrogens (tertiary/aromatic N) is 2. The van der Waals surface area contributed by atoms with Crippen molar-refractivity contribution in [3.8, 4) is 5.75 Å². The minimum absolute atomic E-state index is 0.109. The highest BCUT2D eigenvalue weighted by Crippen LogP contribution is 2.11. The molecule has 1 aromatic heterocycles. The van der Waals surface area contributed by atoms with Crippen molar-refractivity contribution < 1.29 is 19.6 Å². The first-order valence-corrected chi connectivity index (χ1v) is 7.62. The second-order valence-electron chi connectivity index (χ2n) is 5.39.